The van der Waals surface area contributed by atoms with E-state index >= 15 is 0 Å². The maximum atomic E-state index is 12.3. The Hall–Kier alpha value is -2.17. The molecular formula is C20H25N3O. The molecule has 2 aromatic rings. The van der Waals surface area contributed by atoms with Crippen molar-refractivity contribution in [2.45, 2.75) is 24.9 Å². The molecule has 126 valence electrons. The van der Waals surface area contributed by atoms with Gasteiger partial charge in [0, 0.05) is 25.0 Å². The Labute approximate surface area is 143 Å². The zero-order valence-corrected chi connectivity index (χ0v) is 14.1. The summed E-state index contributed by atoms with van der Waals surface area (Å²) in [7, 11) is 0. The fourth-order valence-electron chi connectivity index (χ4n) is 3.41. The lowest BCUT2D eigenvalue weighted by atomic mass is 9.95. The molecule has 3 rings (SSSR count). The van der Waals surface area contributed by atoms with E-state index < -0.39 is 0 Å². The van der Waals surface area contributed by atoms with Crippen LogP contribution in [0.2, 0.25) is 0 Å². The molecule has 0 saturated carbocycles. The zero-order valence-electron chi connectivity index (χ0n) is 14.1. The Morgan fingerprint density at radius 3 is 2.42 bits per heavy atom. The van der Waals surface area contributed by atoms with Gasteiger partial charge in [0.1, 0.15) is 0 Å². The molecule has 1 unspecified atom stereocenters. The average Bonchev–Trinajstić information content (AvgIpc) is 2.96. The second-order valence-corrected chi connectivity index (χ2v) is 6.57. The number of amides is 1. The molecular weight excluding hydrogens is 298 g/mol. The average molecular weight is 323 g/mol. The monoisotopic (exact) mass is 323 g/mol. The third-order valence-electron chi connectivity index (χ3n) is 4.71. The predicted molar refractivity (Wildman–Crippen MR) is 96.6 cm³/mol. The third-order valence-corrected chi connectivity index (χ3v) is 4.71. The summed E-state index contributed by atoms with van der Waals surface area (Å²) >= 11 is 0. The van der Waals surface area contributed by atoms with E-state index in [9.17, 15) is 4.79 Å². The Balaban J connectivity index is 1.54. The van der Waals surface area contributed by atoms with Crippen LogP contribution in [0.4, 0.5) is 0 Å². The summed E-state index contributed by atoms with van der Waals surface area (Å²) in [6.45, 7) is 3.99. The molecule has 4 heteroatoms. The number of hydrogen-bond acceptors (Lipinski definition) is 3. The van der Waals surface area contributed by atoms with Gasteiger partial charge in [-0.25, -0.2) is 0 Å². The van der Waals surface area contributed by atoms with Gasteiger partial charge in [-0.05, 0) is 18.1 Å². The van der Waals surface area contributed by atoms with Gasteiger partial charge in [-0.3, -0.25) is 9.69 Å². The number of nitrogens with zero attached hydrogens (tertiary/aromatic N) is 1. The maximum Gasteiger partial charge on any atom is 0.234 e. The minimum Gasteiger partial charge on any atom is -0.348 e. The van der Waals surface area contributed by atoms with Gasteiger partial charge in [0.2, 0.25) is 5.91 Å². The van der Waals surface area contributed by atoms with E-state index in [0.717, 1.165) is 18.7 Å². The fourth-order valence-corrected chi connectivity index (χ4v) is 3.41. The van der Waals surface area contributed by atoms with E-state index in [1.54, 1.807) is 0 Å². The number of nitrogens with one attached hydrogen (secondary N) is 1. The molecule has 1 heterocycles. The minimum atomic E-state index is 0.0138. The van der Waals surface area contributed by atoms with Gasteiger partial charge in [-0.15, -0.1) is 0 Å². The summed E-state index contributed by atoms with van der Waals surface area (Å²) in [6.07, 6.45) is 0. The van der Waals surface area contributed by atoms with Gasteiger partial charge in [0.15, 0.2) is 0 Å². The molecule has 3 N–H and O–H groups in total. The maximum absolute atomic E-state index is 12.3. The molecule has 0 aromatic heterocycles. The zero-order chi connectivity index (χ0) is 16.9. The molecule has 3 atom stereocenters. The van der Waals surface area contributed by atoms with Crippen molar-refractivity contribution in [2.75, 3.05) is 19.6 Å². The Morgan fingerprint density at radius 1 is 1.12 bits per heavy atom. The van der Waals surface area contributed by atoms with Crippen molar-refractivity contribution in [3.05, 3.63) is 71.8 Å². The number of hydrogen-bond donors (Lipinski definition) is 2. The number of carbonyl (C=O) groups excluding carboxylic acids is 1. The van der Waals surface area contributed by atoms with Crippen LogP contribution in [0.15, 0.2) is 60.7 Å². The number of benzene rings is 2. The summed E-state index contributed by atoms with van der Waals surface area (Å²) < 4.78 is 0. The van der Waals surface area contributed by atoms with Crippen molar-refractivity contribution in [3.8, 4) is 0 Å². The van der Waals surface area contributed by atoms with Crippen molar-refractivity contribution in [1.29, 1.82) is 0 Å². The lowest BCUT2D eigenvalue weighted by Gasteiger charge is -2.19. The molecule has 0 aliphatic carbocycles. The van der Waals surface area contributed by atoms with Gasteiger partial charge < -0.3 is 11.1 Å². The number of carbonyl (C=O) groups is 1. The van der Waals surface area contributed by atoms with Gasteiger partial charge >= 0.3 is 0 Å². The molecule has 1 aliphatic heterocycles. The largest absolute Gasteiger partial charge is 0.348 e. The van der Waals surface area contributed by atoms with E-state index in [1.165, 1.54) is 5.56 Å². The molecule has 0 bridgehead atoms. The summed E-state index contributed by atoms with van der Waals surface area (Å²) in [6, 6.07) is 20.4. The highest BCUT2D eigenvalue weighted by atomic mass is 16.2. The van der Waals surface area contributed by atoms with E-state index in [-0.39, 0.29) is 18.0 Å². The Bertz CT molecular complexity index is 659. The first-order valence-corrected chi connectivity index (χ1v) is 8.50. The summed E-state index contributed by atoms with van der Waals surface area (Å²) in [5.74, 6) is 0.345. The van der Waals surface area contributed by atoms with Crippen molar-refractivity contribution >= 4 is 5.91 Å². The molecule has 1 saturated heterocycles. The van der Waals surface area contributed by atoms with Crippen LogP contribution in [0.3, 0.4) is 0 Å². The lowest BCUT2D eigenvalue weighted by Crippen LogP contribution is -2.38. The van der Waals surface area contributed by atoms with Gasteiger partial charge in [-0.1, -0.05) is 60.7 Å². The van der Waals surface area contributed by atoms with Crippen molar-refractivity contribution in [2.24, 2.45) is 5.73 Å². The Morgan fingerprint density at radius 2 is 1.75 bits per heavy atom. The Kier molecular flexibility index (Phi) is 5.28. The first-order valence-electron chi connectivity index (χ1n) is 8.50. The van der Waals surface area contributed by atoms with Gasteiger partial charge in [0.05, 0.1) is 12.6 Å². The highest BCUT2D eigenvalue weighted by molar-refractivity contribution is 5.78. The first-order chi connectivity index (χ1) is 11.6. The third kappa shape index (κ3) is 4.02. The van der Waals surface area contributed by atoms with Crippen LogP contribution in [0.5, 0.6) is 0 Å². The van der Waals surface area contributed by atoms with Crippen molar-refractivity contribution in [3.63, 3.8) is 0 Å². The smallest absolute Gasteiger partial charge is 0.234 e. The highest BCUT2D eigenvalue weighted by Crippen LogP contribution is 2.26. The molecule has 1 amide bonds. The molecule has 4 nitrogen and oxygen atoms in total. The van der Waals surface area contributed by atoms with Crippen molar-refractivity contribution in [1.82, 2.24) is 10.2 Å². The second kappa shape index (κ2) is 7.60. The van der Waals surface area contributed by atoms with Crippen LogP contribution < -0.4 is 11.1 Å². The number of nitrogens with two attached hydrogens (primary N) is 1. The SMILES string of the molecule is CC(NC(=O)CN1C[C@@H](N)[C@H](c2ccccc2)C1)c1ccccc1. The molecule has 0 spiro atoms. The summed E-state index contributed by atoms with van der Waals surface area (Å²) in [4.78, 5) is 14.5. The van der Waals surface area contributed by atoms with E-state index in [2.05, 4.69) is 22.3 Å². The van der Waals surface area contributed by atoms with E-state index in [4.69, 9.17) is 5.73 Å². The lowest BCUT2D eigenvalue weighted by molar-refractivity contribution is -0.122. The normalized spacial score (nSPS) is 22.2. The summed E-state index contributed by atoms with van der Waals surface area (Å²) in [5, 5.41) is 3.07. The molecule has 1 aliphatic rings. The number of likely N-dealkylation sites (tertiary alicyclic amines) is 1. The quantitative estimate of drug-likeness (QED) is 0.887. The topological polar surface area (TPSA) is 58.4 Å². The molecule has 1 fully saturated rings. The molecule has 0 radical (unpaired) electrons. The number of rotatable bonds is 5. The van der Waals surface area contributed by atoms with Crippen molar-refractivity contribution < 1.29 is 4.79 Å². The fraction of sp³-hybridized carbons (Fsp3) is 0.350. The van der Waals surface area contributed by atoms with Crippen LogP contribution in [0, 0.1) is 0 Å². The van der Waals surface area contributed by atoms with Crippen LogP contribution in [0.1, 0.15) is 30.0 Å². The van der Waals surface area contributed by atoms with Crippen LogP contribution in [-0.2, 0) is 4.79 Å². The standard InChI is InChI=1S/C20H25N3O/c1-15(16-8-4-2-5-9-16)22-20(24)14-23-12-18(19(21)13-23)17-10-6-3-7-11-17/h2-11,15,18-19H,12-14,21H2,1H3,(H,22,24)/t15?,18-,19+/m0/s1. The molecule has 2 aromatic carbocycles. The van der Waals surface area contributed by atoms with Crippen LogP contribution in [-0.4, -0.2) is 36.5 Å². The first kappa shape index (κ1) is 16.7. The second-order valence-electron chi connectivity index (χ2n) is 6.57. The van der Waals surface area contributed by atoms with Gasteiger partial charge in [-0.2, -0.15) is 0 Å². The minimum absolute atomic E-state index is 0.0138. The van der Waals surface area contributed by atoms with Gasteiger partial charge in [0.25, 0.3) is 0 Å². The van der Waals surface area contributed by atoms with E-state index in [1.807, 2.05) is 55.5 Å². The van der Waals surface area contributed by atoms with Crippen LogP contribution >= 0.6 is 0 Å². The summed E-state index contributed by atoms with van der Waals surface area (Å²) in [5.41, 5.74) is 8.67. The van der Waals surface area contributed by atoms with Crippen LogP contribution in [0.25, 0.3) is 0 Å². The van der Waals surface area contributed by atoms with E-state index in [0.29, 0.717) is 12.5 Å². The predicted octanol–water partition coefficient (Wildman–Crippen LogP) is 2.29. The highest BCUT2D eigenvalue weighted by Gasteiger charge is 2.32. The molecule has 24 heavy (non-hydrogen) atoms.